The van der Waals surface area contributed by atoms with Gasteiger partial charge >= 0.3 is 0 Å². The van der Waals surface area contributed by atoms with E-state index in [1.165, 1.54) is 6.92 Å². The molecule has 1 amide bonds. The van der Waals surface area contributed by atoms with Crippen molar-refractivity contribution in [3.8, 4) is 5.75 Å². The number of sulfonamides is 1. The van der Waals surface area contributed by atoms with Gasteiger partial charge in [0, 0.05) is 0 Å². The second-order valence-corrected chi connectivity index (χ2v) is 7.38. The predicted octanol–water partition coefficient (Wildman–Crippen LogP) is 2.50. The summed E-state index contributed by atoms with van der Waals surface area (Å²) in [6.07, 6.45) is -1.09. The molecule has 0 bridgehead atoms. The Bertz CT molecular complexity index is 980. The van der Waals surface area contributed by atoms with E-state index >= 15 is 0 Å². The first-order valence-electron chi connectivity index (χ1n) is 7.72. The van der Waals surface area contributed by atoms with Crippen LogP contribution >= 0.6 is 0 Å². The summed E-state index contributed by atoms with van der Waals surface area (Å²) in [7, 11) is -4.67. The van der Waals surface area contributed by atoms with Crippen LogP contribution in [0.2, 0.25) is 0 Å². The Kier molecular flexibility index (Phi) is 6.11. The van der Waals surface area contributed by atoms with Crippen LogP contribution in [-0.4, -0.2) is 20.4 Å². The molecule has 27 heavy (non-hydrogen) atoms. The van der Waals surface area contributed by atoms with Crippen LogP contribution in [-0.2, 0) is 14.8 Å². The molecule has 10 heteroatoms. The van der Waals surface area contributed by atoms with Crippen LogP contribution in [0, 0.1) is 31.3 Å². The highest BCUT2D eigenvalue weighted by Crippen LogP contribution is 2.22. The second-order valence-electron chi connectivity index (χ2n) is 5.73. The van der Waals surface area contributed by atoms with Gasteiger partial charge in [-0.1, -0.05) is 12.1 Å². The molecule has 2 aromatic carbocycles. The van der Waals surface area contributed by atoms with Gasteiger partial charge in [-0.25, -0.2) is 21.6 Å². The van der Waals surface area contributed by atoms with E-state index in [-0.39, 0.29) is 0 Å². The van der Waals surface area contributed by atoms with Crippen molar-refractivity contribution >= 4 is 15.9 Å². The Morgan fingerprint density at radius 1 is 1.07 bits per heavy atom. The highest BCUT2D eigenvalue weighted by molar-refractivity contribution is 7.89. The summed E-state index contributed by atoms with van der Waals surface area (Å²) in [4.78, 5) is 12.5. The maximum Gasteiger partial charge on any atom is 0.275 e. The molecule has 2 N–H and O–H groups in total. The van der Waals surface area contributed by atoms with E-state index in [4.69, 9.17) is 4.74 Å². The molecule has 0 aliphatic heterocycles. The van der Waals surface area contributed by atoms with Crippen molar-refractivity contribution < 1.29 is 31.1 Å². The molecule has 6 nitrogen and oxygen atoms in total. The Morgan fingerprint density at radius 3 is 2.41 bits per heavy atom. The third-order valence-electron chi connectivity index (χ3n) is 3.83. The van der Waals surface area contributed by atoms with Crippen LogP contribution < -0.4 is 15.0 Å². The number of nitrogens with one attached hydrogen (secondary N) is 2. The summed E-state index contributed by atoms with van der Waals surface area (Å²) in [5.41, 5.74) is 3.60. The lowest BCUT2D eigenvalue weighted by Gasteiger charge is -2.17. The van der Waals surface area contributed by atoms with Gasteiger partial charge in [0.2, 0.25) is 0 Å². The Hall–Kier alpha value is -2.59. The molecule has 0 unspecified atom stereocenters. The minimum absolute atomic E-state index is 0.437. The number of benzene rings is 2. The number of amides is 1. The zero-order valence-electron chi connectivity index (χ0n) is 14.6. The summed E-state index contributed by atoms with van der Waals surface area (Å²) in [6.45, 7) is 5.03. The highest BCUT2D eigenvalue weighted by Gasteiger charge is 2.25. The normalized spacial score (nSPS) is 12.5. The first-order valence-corrected chi connectivity index (χ1v) is 9.21. The number of carbonyl (C=O) groups is 1. The van der Waals surface area contributed by atoms with Gasteiger partial charge in [-0.2, -0.15) is 0 Å². The number of halogens is 3. The average molecular weight is 402 g/mol. The second kappa shape index (κ2) is 7.97. The molecule has 2 aromatic rings. The molecule has 0 saturated heterocycles. The predicted molar refractivity (Wildman–Crippen MR) is 90.8 cm³/mol. The fourth-order valence-electron chi connectivity index (χ4n) is 2.09. The number of hydrazine groups is 1. The van der Waals surface area contributed by atoms with E-state index < -0.39 is 44.4 Å². The van der Waals surface area contributed by atoms with Gasteiger partial charge in [0.25, 0.3) is 15.9 Å². The zero-order valence-corrected chi connectivity index (χ0v) is 15.5. The summed E-state index contributed by atoms with van der Waals surface area (Å²) in [5, 5.41) is 0. The van der Waals surface area contributed by atoms with Crippen molar-refractivity contribution in [2.24, 2.45) is 0 Å². The van der Waals surface area contributed by atoms with Crippen LogP contribution in [0.3, 0.4) is 0 Å². The minimum Gasteiger partial charge on any atom is -0.481 e. The average Bonchev–Trinajstić information content (AvgIpc) is 2.61. The lowest BCUT2D eigenvalue weighted by molar-refractivity contribution is -0.127. The molecule has 2 rings (SSSR count). The van der Waals surface area contributed by atoms with E-state index in [9.17, 15) is 26.4 Å². The van der Waals surface area contributed by atoms with Gasteiger partial charge < -0.3 is 4.74 Å². The monoisotopic (exact) mass is 402 g/mol. The number of hydrogen-bond acceptors (Lipinski definition) is 4. The van der Waals surface area contributed by atoms with E-state index in [1.54, 1.807) is 23.9 Å². The molecule has 0 aliphatic carbocycles. The van der Waals surface area contributed by atoms with Gasteiger partial charge in [-0.3, -0.25) is 10.2 Å². The Balaban J connectivity index is 2.08. The standard InChI is InChI=1S/C17H17F3N2O4S/c1-9-5-4-6-13(10(9)2)26-11(3)17(23)21-22-27(24,25)14-8-7-12(18)15(19)16(14)20/h4-8,11,22H,1-3H3,(H,21,23)/t11-/m0/s1. The molecular weight excluding hydrogens is 385 g/mol. The summed E-state index contributed by atoms with van der Waals surface area (Å²) < 4.78 is 69.3. The lowest BCUT2D eigenvalue weighted by Crippen LogP contribution is -2.47. The van der Waals surface area contributed by atoms with Crippen LogP contribution in [0.5, 0.6) is 5.75 Å². The number of carbonyl (C=O) groups excluding carboxylic acids is 1. The van der Waals surface area contributed by atoms with Crippen LogP contribution in [0.15, 0.2) is 35.2 Å². The van der Waals surface area contributed by atoms with Crippen molar-refractivity contribution in [1.82, 2.24) is 10.3 Å². The first-order chi connectivity index (χ1) is 12.5. The molecule has 146 valence electrons. The fourth-order valence-corrected chi connectivity index (χ4v) is 3.00. The van der Waals surface area contributed by atoms with Crippen LogP contribution in [0.1, 0.15) is 18.1 Å². The molecule has 0 radical (unpaired) electrons. The highest BCUT2D eigenvalue weighted by atomic mass is 32.2. The molecular formula is C17H17F3N2O4S. The molecule has 1 atom stereocenters. The topological polar surface area (TPSA) is 84.5 Å². The van der Waals surface area contributed by atoms with Crippen LogP contribution in [0.25, 0.3) is 0 Å². The maximum atomic E-state index is 13.6. The van der Waals surface area contributed by atoms with Gasteiger partial charge in [0.15, 0.2) is 23.6 Å². The molecule has 0 heterocycles. The first kappa shape index (κ1) is 20.7. The number of ether oxygens (including phenoxy) is 1. The number of hydrogen-bond donors (Lipinski definition) is 2. The van der Waals surface area contributed by atoms with Crippen LogP contribution in [0.4, 0.5) is 13.2 Å². The molecule has 0 aromatic heterocycles. The van der Waals surface area contributed by atoms with Crippen molar-refractivity contribution in [1.29, 1.82) is 0 Å². The van der Waals surface area contributed by atoms with E-state index in [2.05, 4.69) is 0 Å². The maximum absolute atomic E-state index is 13.6. The van der Waals surface area contributed by atoms with Crippen molar-refractivity contribution in [2.45, 2.75) is 31.8 Å². The number of aryl methyl sites for hydroxylation is 1. The largest absolute Gasteiger partial charge is 0.481 e. The van der Waals surface area contributed by atoms with Crippen molar-refractivity contribution in [3.63, 3.8) is 0 Å². The summed E-state index contributed by atoms with van der Waals surface area (Å²) in [5.74, 6) is -5.80. The third kappa shape index (κ3) is 4.58. The Morgan fingerprint density at radius 2 is 1.74 bits per heavy atom. The molecule has 0 spiro atoms. The van der Waals surface area contributed by atoms with E-state index in [0.717, 1.165) is 11.1 Å². The van der Waals surface area contributed by atoms with Gasteiger partial charge in [-0.15, -0.1) is 4.83 Å². The SMILES string of the molecule is Cc1cccc(O[C@@H](C)C(=O)NNS(=O)(=O)c2ccc(F)c(F)c2F)c1C. The van der Waals surface area contributed by atoms with Crippen molar-refractivity contribution in [2.75, 3.05) is 0 Å². The zero-order chi connectivity index (χ0) is 20.4. The molecule has 0 fully saturated rings. The smallest absolute Gasteiger partial charge is 0.275 e. The van der Waals surface area contributed by atoms with Crippen molar-refractivity contribution in [3.05, 3.63) is 58.9 Å². The van der Waals surface area contributed by atoms with E-state index in [0.29, 0.717) is 17.9 Å². The Labute approximate surface area is 154 Å². The molecule has 0 saturated carbocycles. The third-order valence-corrected chi connectivity index (χ3v) is 5.09. The minimum atomic E-state index is -4.67. The lowest BCUT2D eigenvalue weighted by atomic mass is 10.1. The fraction of sp³-hybridized carbons (Fsp3) is 0.235. The summed E-state index contributed by atoms with van der Waals surface area (Å²) >= 11 is 0. The molecule has 0 aliphatic rings. The van der Waals surface area contributed by atoms with Gasteiger partial charge in [0.1, 0.15) is 10.6 Å². The summed E-state index contributed by atoms with van der Waals surface area (Å²) in [6, 6.07) is 6.24. The van der Waals surface area contributed by atoms with E-state index in [1.807, 2.05) is 18.4 Å². The quantitative estimate of drug-likeness (QED) is 0.574. The van der Waals surface area contributed by atoms with Gasteiger partial charge in [-0.05, 0) is 50.1 Å². The number of rotatable bonds is 6. The van der Waals surface area contributed by atoms with Gasteiger partial charge in [0.05, 0.1) is 0 Å².